The molecular formula is C17H29ClN2O3. The van der Waals surface area contributed by atoms with Gasteiger partial charge < -0.3 is 20.5 Å². The summed E-state index contributed by atoms with van der Waals surface area (Å²) >= 11 is 0. The van der Waals surface area contributed by atoms with Gasteiger partial charge in [-0.25, -0.2) is 0 Å². The Morgan fingerprint density at radius 2 is 1.96 bits per heavy atom. The predicted molar refractivity (Wildman–Crippen MR) is 95.4 cm³/mol. The summed E-state index contributed by atoms with van der Waals surface area (Å²) in [5.41, 5.74) is 6.39. The molecule has 3 N–H and O–H groups in total. The van der Waals surface area contributed by atoms with E-state index in [1.807, 2.05) is 25.1 Å². The first-order valence-electron chi connectivity index (χ1n) is 7.78. The number of methoxy groups -OCH3 is 1. The molecule has 0 fully saturated rings. The zero-order chi connectivity index (χ0) is 16.5. The third-order valence-corrected chi connectivity index (χ3v) is 3.25. The van der Waals surface area contributed by atoms with Crippen LogP contribution in [0.4, 0.5) is 0 Å². The number of rotatable bonds is 9. The normalized spacial score (nSPS) is 11.6. The van der Waals surface area contributed by atoms with Crippen molar-refractivity contribution >= 4 is 18.3 Å². The van der Waals surface area contributed by atoms with Crippen LogP contribution in [0.15, 0.2) is 18.2 Å². The van der Waals surface area contributed by atoms with Crippen molar-refractivity contribution in [2.75, 3.05) is 20.3 Å². The van der Waals surface area contributed by atoms with Crippen LogP contribution in [0.2, 0.25) is 0 Å². The lowest BCUT2D eigenvalue weighted by atomic mass is 10.1. The minimum atomic E-state index is -0.0849. The number of carbonyl (C=O) groups is 1. The lowest BCUT2D eigenvalue weighted by Crippen LogP contribution is -2.26. The first-order chi connectivity index (χ1) is 10.5. The third-order valence-electron chi connectivity index (χ3n) is 3.25. The van der Waals surface area contributed by atoms with Gasteiger partial charge in [-0.05, 0) is 43.5 Å². The zero-order valence-corrected chi connectivity index (χ0v) is 15.2. The summed E-state index contributed by atoms with van der Waals surface area (Å²) in [4.78, 5) is 11.8. The zero-order valence-electron chi connectivity index (χ0n) is 14.4. The molecule has 1 aromatic carbocycles. The topological polar surface area (TPSA) is 73.6 Å². The maximum absolute atomic E-state index is 11.8. The minimum Gasteiger partial charge on any atom is -0.493 e. The van der Waals surface area contributed by atoms with Gasteiger partial charge in [0.1, 0.15) is 0 Å². The molecule has 1 rings (SSSR count). The summed E-state index contributed by atoms with van der Waals surface area (Å²) in [5, 5.41) is 2.96. The Bertz CT molecular complexity index is 481. The Labute approximate surface area is 145 Å². The number of nitrogens with one attached hydrogen (secondary N) is 1. The molecule has 1 atom stereocenters. The molecule has 0 aliphatic heterocycles. The average molecular weight is 345 g/mol. The van der Waals surface area contributed by atoms with Crippen molar-refractivity contribution in [3.05, 3.63) is 23.8 Å². The van der Waals surface area contributed by atoms with Crippen LogP contribution in [-0.2, 0) is 4.79 Å². The lowest BCUT2D eigenvalue weighted by molar-refractivity contribution is -0.121. The van der Waals surface area contributed by atoms with Gasteiger partial charge in [-0.2, -0.15) is 0 Å². The van der Waals surface area contributed by atoms with Gasteiger partial charge in [-0.1, -0.05) is 19.9 Å². The highest BCUT2D eigenvalue weighted by atomic mass is 35.5. The smallest absolute Gasteiger partial charge is 0.220 e. The number of hydrogen-bond donors (Lipinski definition) is 2. The second-order valence-corrected chi connectivity index (χ2v) is 5.80. The number of nitrogens with two attached hydrogens (primary N) is 1. The first kappa shape index (κ1) is 21.5. The standard InChI is InChI=1S/C17H28N2O3.ClH/c1-12(2)11-22-15-8-7-14(10-16(15)21-4)13(3)19-17(20)6-5-9-18;/h7-8,10,12-13H,5-6,9,11,18H2,1-4H3,(H,19,20);1H. The number of amides is 1. The summed E-state index contributed by atoms with van der Waals surface area (Å²) < 4.78 is 11.1. The predicted octanol–water partition coefficient (Wildman–Crippen LogP) is 3.07. The van der Waals surface area contributed by atoms with Crippen molar-refractivity contribution < 1.29 is 14.3 Å². The van der Waals surface area contributed by atoms with E-state index >= 15 is 0 Å². The van der Waals surface area contributed by atoms with E-state index in [-0.39, 0.29) is 24.4 Å². The first-order valence-corrected chi connectivity index (χ1v) is 7.78. The van der Waals surface area contributed by atoms with E-state index in [1.165, 1.54) is 0 Å². The Kier molecular flexibility index (Phi) is 10.4. The quantitative estimate of drug-likeness (QED) is 0.722. The molecule has 6 heteroatoms. The molecule has 0 bridgehead atoms. The lowest BCUT2D eigenvalue weighted by Gasteiger charge is -2.17. The van der Waals surface area contributed by atoms with Crippen LogP contribution in [0.1, 0.15) is 45.2 Å². The Hall–Kier alpha value is -1.46. The summed E-state index contributed by atoms with van der Waals surface area (Å²) in [7, 11) is 1.62. The fourth-order valence-electron chi connectivity index (χ4n) is 1.99. The second kappa shape index (κ2) is 11.1. The van der Waals surface area contributed by atoms with Crippen molar-refractivity contribution in [2.45, 2.75) is 39.7 Å². The molecule has 5 nitrogen and oxygen atoms in total. The minimum absolute atomic E-state index is 0. The molecule has 0 aliphatic carbocycles. The highest BCUT2D eigenvalue weighted by Gasteiger charge is 2.13. The summed E-state index contributed by atoms with van der Waals surface area (Å²) in [6, 6.07) is 5.66. The van der Waals surface area contributed by atoms with Crippen LogP contribution in [0.3, 0.4) is 0 Å². The van der Waals surface area contributed by atoms with Gasteiger partial charge in [0, 0.05) is 6.42 Å². The molecule has 0 aromatic heterocycles. The van der Waals surface area contributed by atoms with Gasteiger partial charge in [0.2, 0.25) is 5.91 Å². The van der Waals surface area contributed by atoms with E-state index in [9.17, 15) is 4.79 Å². The fourth-order valence-corrected chi connectivity index (χ4v) is 1.99. The molecule has 1 aromatic rings. The van der Waals surface area contributed by atoms with Crippen LogP contribution in [-0.4, -0.2) is 26.2 Å². The van der Waals surface area contributed by atoms with E-state index in [1.54, 1.807) is 7.11 Å². The van der Waals surface area contributed by atoms with Crippen LogP contribution < -0.4 is 20.5 Å². The second-order valence-electron chi connectivity index (χ2n) is 5.80. The van der Waals surface area contributed by atoms with Crippen LogP contribution >= 0.6 is 12.4 Å². The summed E-state index contributed by atoms with van der Waals surface area (Å²) in [6.07, 6.45) is 1.15. The van der Waals surface area contributed by atoms with Crippen molar-refractivity contribution in [1.82, 2.24) is 5.32 Å². The van der Waals surface area contributed by atoms with E-state index < -0.39 is 0 Å². The SMILES string of the molecule is COc1cc(C(C)NC(=O)CCCN)ccc1OCC(C)C.Cl. The van der Waals surface area contributed by atoms with E-state index in [0.29, 0.717) is 37.7 Å². The largest absolute Gasteiger partial charge is 0.493 e. The van der Waals surface area contributed by atoms with Gasteiger partial charge >= 0.3 is 0 Å². The number of hydrogen-bond acceptors (Lipinski definition) is 4. The number of halogens is 1. The fraction of sp³-hybridized carbons (Fsp3) is 0.588. The van der Waals surface area contributed by atoms with Gasteiger partial charge in [0.15, 0.2) is 11.5 Å². The van der Waals surface area contributed by atoms with E-state index in [0.717, 1.165) is 11.3 Å². The molecule has 1 amide bonds. The van der Waals surface area contributed by atoms with Crippen molar-refractivity contribution in [2.24, 2.45) is 11.7 Å². The molecule has 0 saturated carbocycles. The number of benzene rings is 1. The van der Waals surface area contributed by atoms with Crippen LogP contribution in [0, 0.1) is 5.92 Å². The molecule has 0 saturated heterocycles. The molecule has 0 spiro atoms. The molecule has 1 unspecified atom stereocenters. The summed E-state index contributed by atoms with van der Waals surface area (Å²) in [5.74, 6) is 1.87. The Morgan fingerprint density at radius 1 is 1.26 bits per heavy atom. The maximum atomic E-state index is 11.8. The molecular weight excluding hydrogens is 316 g/mol. The molecule has 0 heterocycles. The van der Waals surface area contributed by atoms with Crippen molar-refractivity contribution in [1.29, 1.82) is 0 Å². The Morgan fingerprint density at radius 3 is 2.52 bits per heavy atom. The monoisotopic (exact) mass is 344 g/mol. The highest BCUT2D eigenvalue weighted by Crippen LogP contribution is 2.30. The molecule has 0 radical (unpaired) electrons. The number of carbonyl (C=O) groups excluding carboxylic acids is 1. The maximum Gasteiger partial charge on any atom is 0.220 e. The van der Waals surface area contributed by atoms with Gasteiger partial charge in [-0.15, -0.1) is 12.4 Å². The van der Waals surface area contributed by atoms with Crippen LogP contribution in [0.25, 0.3) is 0 Å². The van der Waals surface area contributed by atoms with Crippen molar-refractivity contribution in [3.8, 4) is 11.5 Å². The van der Waals surface area contributed by atoms with Gasteiger partial charge in [0.25, 0.3) is 0 Å². The van der Waals surface area contributed by atoms with E-state index in [2.05, 4.69) is 19.2 Å². The van der Waals surface area contributed by atoms with Crippen molar-refractivity contribution in [3.63, 3.8) is 0 Å². The average Bonchev–Trinajstić information content (AvgIpc) is 2.50. The molecule has 0 aliphatic rings. The third kappa shape index (κ3) is 7.57. The highest BCUT2D eigenvalue weighted by molar-refractivity contribution is 5.85. The van der Waals surface area contributed by atoms with Gasteiger partial charge in [-0.3, -0.25) is 4.79 Å². The van der Waals surface area contributed by atoms with E-state index in [4.69, 9.17) is 15.2 Å². The summed E-state index contributed by atoms with van der Waals surface area (Å²) in [6.45, 7) is 7.31. The number of ether oxygens (including phenoxy) is 2. The molecule has 132 valence electrons. The van der Waals surface area contributed by atoms with Crippen LogP contribution in [0.5, 0.6) is 11.5 Å². The Balaban J connectivity index is 0.00000484. The van der Waals surface area contributed by atoms with Gasteiger partial charge in [0.05, 0.1) is 19.8 Å². The molecule has 23 heavy (non-hydrogen) atoms.